The molecule has 8 aromatic carbocycles. The summed E-state index contributed by atoms with van der Waals surface area (Å²) in [5.74, 6) is 0. The first-order valence-corrected chi connectivity index (χ1v) is 22.9. The molecule has 2 nitrogen and oxygen atoms in total. The third-order valence-electron chi connectivity index (χ3n) is 12.8. The Morgan fingerprint density at radius 2 is 0.908 bits per heavy atom. The second kappa shape index (κ2) is 18.2. The molecule has 0 aliphatic heterocycles. The van der Waals surface area contributed by atoms with Crippen molar-refractivity contribution in [3.63, 3.8) is 0 Å². The SMILES string of the molecule is C=C/C=C(\C)Cc1cc(CC(=C)/C=C\C)cc(-c2cc(Cc3ccc(Cn4c5ccccc5c5ccccc54)cc3)cc(Cc3ccc(-n4c5ccccc5c5ccccc54)cc3)c2)c1. The minimum atomic E-state index is 0.807. The van der Waals surface area contributed by atoms with Gasteiger partial charge >= 0.3 is 0 Å². The van der Waals surface area contributed by atoms with Gasteiger partial charge in [0.2, 0.25) is 0 Å². The molecule has 0 spiro atoms. The van der Waals surface area contributed by atoms with Crippen molar-refractivity contribution in [2.75, 3.05) is 0 Å². The second-order valence-corrected chi connectivity index (χ2v) is 17.7. The standard InChI is InChI=1S/C63H54N2/c1-5-15-44(3)33-49-37-50(34-45(4)16-6-2)40-53(39-49)54-41-51(35-46-25-27-48(28-26-46)43-64-60-21-11-7-17-56(60)57-18-8-12-22-61(57)64)38-52(42-54)36-47-29-31-55(32-30-47)65-62-23-13-9-19-58(62)59-20-10-14-24-63(59)65/h5-32,37-42H,1,4,33-36,43H2,2-3H3/b16-6-,44-15+. The summed E-state index contributed by atoms with van der Waals surface area (Å²) in [6, 6.07) is 67.8. The van der Waals surface area contributed by atoms with Crippen LogP contribution in [0, 0.1) is 0 Å². The lowest BCUT2D eigenvalue weighted by atomic mass is 9.90. The number of para-hydroxylation sites is 4. The van der Waals surface area contributed by atoms with Crippen molar-refractivity contribution in [3.8, 4) is 16.8 Å². The normalized spacial score (nSPS) is 12.0. The maximum Gasteiger partial charge on any atom is 0.0541 e. The number of benzene rings is 8. The predicted octanol–water partition coefficient (Wildman–Crippen LogP) is 16.1. The number of hydrogen-bond acceptors (Lipinski definition) is 0. The molecule has 2 heterocycles. The van der Waals surface area contributed by atoms with Crippen LogP contribution in [-0.2, 0) is 32.2 Å². The summed E-state index contributed by atoms with van der Waals surface area (Å²) in [7, 11) is 0. The summed E-state index contributed by atoms with van der Waals surface area (Å²) in [5.41, 5.74) is 20.1. The van der Waals surface area contributed by atoms with E-state index in [1.807, 2.05) is 6.08 Å². The van der Waals surface area contributed by atoms with Crippen molar-refractivity contribution in [1.29, 1.82) is 0 Å². The van der Waals surface area contributed by atoms with Crippen molar-refractivity contribution in [3.05, 3.63) is 270 Å². The Morgan fingerprint density at radius 3 is 1.43 bits per heavy atom. The molecule has 2 heteroatoms. The zero-order valence-electron chi connectivity index (χ0n) is 37.5. The molecule has 0 atom stereocenters. The summed E-state index contributed by atoms with van der Waals surface area (Å²) < 4.78 is 4.85. The number of fused-ring (bicyclic) bond motifs is 6. The Balaban J connectivity index is 0.997. The lowest BCUT2D eigenvalue weighted by molar-refractivity contribution is 0.868. The molecule has 0 aliphatic carbocycles. The molecular formula is C63H54N2. The summed E-state index contributed by atoms with van der Waals surface area (Å²) in [4.78, 5) is 0. The quantitative estimate of drug-likeness (QED) is 0.0966. The topological polar surface area (TPSA) is 9.86 Å². The van der Waals surface area contributed by atoms with E-state index in [1.165, 1.54) is 105 Å². The minimum absolute atomic E-state index is 0.807. The van der Waals surface area contributed by atoms with Crippen LogP contribution >= 0.6 is 0 Å². The largest absolute Gasteiger partial charge is 0.336 e. The second-order valence-electron chi connectivity index (χ2n) is 17.7. The molecule has 0 N–H and O–H groups in total. The van der Waals surface area contributed by atoms with Crippen LogP contribution in [-0.4, -0.2) is 9.13 Å². The molecule has 0 fully saturated rings. The minimum Gasteiger partial charge on any atom is -0.336 e. The Hall–Kier alpha value is -7.68. The van der Waals surface area contributed by atoms with Gasteiger partial charge in [0.1, 0.15) is 0 Å². The molecule has 0 radical (unpaired) electrons. The number of aromatic nitrogens is 2. The van der Waals surface area contributed by atoms with Crippen LogP contribution in [0.3, 0.4) is 0 Å². The van der Waals surface area contributed by atoms with Gasteiger partial charge in [-0.25, -0.2) is 0 Å². The van der Waals surface area contributed by atoms with Crippen LogP contribution in [0.15, 0.2) is 231 Å². The van der Waals surface area contributed by atoms with Crippen molar-refractivity contribution < 1.29 is 0 Å². The number of hydrogen-bond donors (Lipinski definition) is 0. The van der Waals surface area contributed by atoms with E-state index in [-0.39, 0.29) is 0 Å². The zero-order chi connectivity index (χ0) is 44.3. The maximum atomic E-state index is 4.38. The molecule has 0 bridgehead atoms. The van der Waals surface area contributed by atoms with Gasteiger partial charge < -0.3 is 9.13 Å². The highest BCUT2D eigenvalue weighted by Gasteiger charge is 2.14. The smallest absolute Gasteiger partial charge is 0.0541 e. The maximum absolute atomic E-state index is 4.38. The van der Waals surface area contributed by atoms with E-state index >= 15 is 0 Å². The molecule has 316 valence electrons. The van der Waals surface area contributed by atoms with E-state index < -0.39 is 0 Å². The highest BCUT2D eigenvalue weighted by atomic mass is 15.0. The predicted molar refractivity (Wildman–Crippen MR) is 279 cm³/mol. The van der Waals surface area contributed by atoms with Crippen LogP contribution in [0.5, 0.6) is 0 Å². The number of nitrogens with zero attached hydrogens (tertiary/aromatic N) is 2. The van der Waals surface area contributed by atoms with Crippen molar-refractivity contribution in [2.45, 2.75) is 46.1 Å². The fraction of sp³-hybridized carbons (Fsp3) is 0.111. The average molecular weight is 839 g/mol. The highest BCUT2D eigenvalue weighted by molar-refractivity contribution is 6.09. The van der Waals surface area contributed by atoms with Crippen LogP contribution in [0.2, 0.25) is 0 Å². The Labute approximate surface area is 383 Å². The third kappa shape index (κ3) is 8.69. The Bertz CT molecular complexity index is 3330. The fourth-order valence-electron chi connectivity index (χ4n) is 9.96. The van der Waals surface area contributed by atoms with Gasteiger partial charge in [-0.05, 0) is 126 Å². The zero-order valence-corrected chi connectivity index (χ0v) is 37.5. The molecule has 0 saturated heterocycles. The highest BCUT2D eigenvalue weighted by Crippen LogP contribution is 2.34. The Kier molecular flexibility index (Phi) is 11.6. The molecule has 0 aliphatic rings. The van der Waals surface area contributed by atoms with Crippen LogP contribution in [0.1, 0.15) is 52.8 Å². The lowest BCUT2D eigenvalue weighted by Gasteiger charge is -2.15. The third-order valence-corrected chi connectivity index (χ3v) is 12.8. The first kappa shape index (κ1) is 41.3. The van der Waals surface area contributed by atoms with Crippen molar-refractivity contribution >= 4 is 43.6 Å². The van der Waals surface area contributed by atoms with E-state index in [2.05, 4.69) is 236 Å². The average Bonchev–Trinajstić information content (AvgIpc) is 3.82. The van der Waals surface area contributed by atoms with E-state index in [0.717, 1.165) is 37.8 Å². The summed E-state index contributed by atoms with van der Waals surface area (Å²) in [6.45, 7) is 13.4. The van der Waals surface area contributed by atoms with E-state index in [0.29, 0.717) is 0 Å². The summed E-state index contributed by atoms with van der Waals surface area (Å²) in [5, 5.41) is 5.16. The molecule has 65 heavy (non-hydrogen) atoms. The summed E-state index contributed by atoms with van der Waals surface area (Å²) in [6.07, 6.45) is 11.5. The molecule has 0 saturated carbocycles. The number of rotatable bonds is 14. The van der Waals surface area contributed by atoms with Gasteiger partial charge in [0.15, 0.2) is 0 Å². The van der Waals surface area contributed by atoms with Crippen LogP contribution in [0.25, 0.3) is 60.4 Å². The summed E-state index contributed by atoms with van der Waals surface area (Å²) >= 11 is 0. The first-order valence-electron chi connectivity index (χ1n) is 22.9. The van der Waals surface area contributed by atoms with Crippen molar-refractivity contribution in [2.24, 2.45) is 0 Å². The van der Waals surface area contributed by atoms with Gasteiger partial charge in [0, 0.05) is 44.8 Å². The first-order chi connectivity index (χ1) is 31.9. The molecule has 2 aromatic heterocycles. The van der Waals surface area contributed by atoms with Gasteiger partial charge in [0.25, 0.3) is 0 Å². The van der Waals surface area contributed by atoms with Gasteiger partial charge in [-0.3, -0.25) is 0 Å². The van der Waals surface area contributed by atoms with E-state index in [1.54, 1.807) is 0 Å². The Morgan fingerprint density at radius 1 is 0.477 bits per heavy atom. The van der Waals surface area contributed by atoms with Crippen LogP contribution in [0.4, 0.5) is 0 Å². The number of allylic oxidation sites excluding steroid dienone is 6. The molecule has 0 unspecified atom stereocenters. The molecular weight excluding hydrogens is 785 g/mol. The van der Waals surface area contributed by atoms with Gasteiger partial charge in [-0.2, -0.15) is 0 Å². The molecule has 10 aromatic rings. The molecule has 10 rings (SSSR count). The van der Waals surface area contributed by atoms with Gasteiger partial charge in [-0.15, -0.1) is 0 Å². The van der Waals surface area contributed by atoms with Crippen molar-refractivity contribution in [1.82, 2.24) is 9.13 Å². The van der Waals surface area contributed by atoms with E-state index in [4.69, 9.17) is 0 Å². The van der Waals surface area contributed by atoms with Crippen LogP contribution < -0.4 is 0 Å². The van der Waals surface area contributed by atoms with E-state index in [9.17, 15) is 0 Å². The van der Waals surface area contributed by atoms with Gasteiger partial charge in [-0.1, -0.05) is 194 Å². The molecule has 0 amide bonds. The monoisotopic (exact) mass is 838 g/mol. The lowest BCUT2D eigenvalue weighted by Crippen LogP contribution is -2.00. The van der Waals surface area contributed by atoms with Gasteiger partial charge in [0.05, 0.1) is 11.0 Å². The fourth-order valence-corrected chi connectivity index (χ4v) is 9.96.